The minimum absolute atomic E-state index is 0.229. The normalized spacial score (nSPS) is 12.3. The van der Waals surface area contributed by atoms with E-state index < -0.39 is 0 Å². The quantitative estimate of drug-likeness (QED) is 0.799. The molecule has 0 radical (unpaired) electrons. The van der Waals surface area contributed by atoms with Crippen LogP contribution < -0.4 is 5.32 Å². The van der Waals surface area contributed by atoms with Gasteiger partial charge in [0.15, 0.2) is 0 Å². The summed E-state index contributed by atoms with van der Waals surface area (Å²) in [6.45, 7) is 4.14. The monoisotopic (exact) mass is 281 g/mol. The van der Waals surface area contributed by atoms with Crippen molar-refractivity contribution in [2.75, 3.05) is 5.32 Å². The average molecular weight is 281 g/mol. The van der Waals surface area contributed by atoms with Crippen LogP contribution in [-0.4, -0.2) is 19.3 Å². The first-order chi connectivity index (χ1) is 10.1. The van der Waals surface area contributed by atoms with Crippen LogP contribution in [0.1, 0.15) is 24.4 Å². The smallest absolute Gasteiger partial charge is 0.110 e. The lowest BCUT2D eigenvalue weighted by Gasteiger charge is -2.15. The second-order valence-electron chi connectivity index (χ2n) is 5.20. The number of rotatable bonds is 4. The third-order valence-corrected chi connectivity index (χ3v) is 3.59. The molecule has 0 fully saturated rings. The molecule has 108 valence electrons. The largest absolute Gasteiger partial charge is 0.376 e. The van der Waals surface area contributed by atoms with Crippen molar-refractivity contribution in [3.63, 3.8) is 0 Å². The summed E-state index contributed by atoms with van der Waals surface area (Å²) in [6.07, 6.45) is 7.59. The lowest BCUT2D eigenvalue weighted by molar-refractivity contribution is 0.767. The summed E-state index contributed by atoms with van der Waals surface area (Å²) in [5.74, 6) is 0.990. The van der Waals surface area contributed by atoms with Gasteiger partial charge in [0.25, 0.3) is 0 Å². The maximum Gasteiger partial charge on any atom is 0.110 e. The predicted octanol–water partition coefficient (Wildman–Crippen LogP) is 3.09. The van der Waals surface area contributed by atoms with Crippen molar-refractivity contribution < 1.29 is 0 Å². The highest BCUT2D eigenvalue weighted by atomic mass is 15.3. The summed E-state index contributed by atoms with van der Waals surface area (Å²) < 4.78 is 3.86. The van der Waals surface area contributed by atoms with Crippen LogP contribution in [0, 0.1) is 6.92 Å². The van der Waals surface area contributed by atoms with Gasteiger partial charge in [0.2, 0.25) is 0 Å². The molecule has 1 N–H and O–H groups in total. The zero-order valence-electron chi connectivity index (χ0n) is 12.5. The molecule has 21 heavy (non-hydrogen) atoms. The van der Waals surface area contributed by atoms with E-state index in [1.807, 2.05) is 38.8 Å². The van der Waals surface area contributed by atoms with E-state index in [-0.39, 0.29) is 6.04 Å². The van der Waals surface area contributed by atoms with Gasteiger partial charge in [-0.15, -0.1) is 0 Å². The Morgan fingerprint density at radius 2 is 1.95 bits per heavy atom. The van der Waals surface area contributed by atoms with E-state index in [0.717, 1.165) is 17.2 Å². The highest BCUT2D eigenvalue weighted by Gasteiger charge is 2.07. The molecule has 0 aliphatic carbocycles. The van der Waals surface area contributed by atoms with Crippen molar-refractivity contribution in [1.82, 2.24) is 19.3 Å². The second-order valence-corrected chi connectivity index (χ2v) is 5.20. The first-order valence-electron chi connectivity index (χ1n) is 6.99. The SMILES string of the molecule is Cc1nccn1-c1ccc([C@@H](C)Nc2cnn(C)c2)cc1. The van der Waals surface area contributed by atoms with Crippen LogP contribution >= 0.6 is 0 Å². The number of nitrogens with zero attached hydrogens (tertiary/aromatic N) is 4. The first kappa shape index (κ1) is 13.4. The predicted molar refractivity (Wildman–Crippen MR) is 83.5 cm³/mol. The number of nitrogens with one attached hydrogen (secondary N) is 1. The summed E-state index contributed by atoms with van der Waals surface area (Å²) in [4.78, 5) is 4.25. The average Bonchev–Trinajstić information content (AvgIpc) is 3.08. The van der Waals surface area contributed by atoms with Gasteiger partial charge in [0.1, 0.15) is 5.82 Å². The summed E-state index contributed by atoms with van der Waals surface area (Å²) in [7, 11) is 1.91. The third kappa shape index (κ3) is 2.81. The molecule has 0 aliphatic heterocycles. The van der Waals surface area contributed by atoms with Crippen LogP contribution in [0.25, 0.3) is 5.69 Å². The number of hydrogen-bond acceptors (Lipinski definition) is 3. The Labute approximate surface area is 124 Å². The van der Waals surface area contributed by atoms with Crippen molar-refractivity contribution in [3.8, 4) is 5.69 Å². The van der Waals surface area contributed by atoms with Crippen molar-refractivity contribution in [1.29, 1.82) is 0 Å². The Balaban J connectivity index is 1.76. The fourth-order valence-electron chi connectivity index (χ4n) is 2.40. The fourth-order valence-corrected chi connectivity index (χ4v) is 2.40. The topological polar surface area (TPSA) is 47.7 Å². The summed E-state index contributed by atoms with van der Waals surface area (Å²) in [6, 6.07) is 8.75. The molecule has 1 atom stereocenters. The molecule has 5 heteroatoms. The highest BCUT2D eigenvalue weighted by molar-refractivity contribution is 5.43. The van der Waals surface area contributed by atoms with E-state index in [0.29, 0.717) is 0 Å². The van der Waals surface area contributed by atoms with E-state index in [2.05, 4.69) is 51.2 Å². The maximum absolute atomic E-state index is 4.25. The molecule has 3 aromatic rings. The van der Waals surface area contributed by atoms with E-state index in [1.165, 1.54) is 5.56 Å². The Morgan fingerprint density at radius 1 is 1.19 bits per heavy atom. The summed E-state index contributed by atoms with van der Waals surface area (Å²) in [5.41, 5.74) is 3.39. The van der Waals surface area contributed by atoms with Gasteiger partial charge in [-0.25, -0.2) is 4.98 Å². The Morgan fingerprint density at radius 3 is 2.52 bits per heavy atom. The van der Waals surface area contributed by atoms with Crippen LogP contribution in [0.5, 0.6) is 0 Å². The zero-order valence-corrected chi connectivity index (χ0v) is 12.5. The standard InChI is InChI=1S/C16H19N5/c1-12(19-15-10-18-20(3)11-15)14-4-6-16(7-5-14)21-9-8-17-13(21)2/h4-12,19H,1-3H3/t12-/m1/s1. The molecule has 0 aliphatic rings. The molecule has 0 amide bonds. The molecular weight excluding hydrogens is 262 g/mol. The molecule has 0 unspecified atom stereocenters. The molecule has 2 heterocycles. The maximum atomic E-state index is 4.25. The Kier molecular flexibility index (Phi) is 3.48. The van der Waals surface area contributed by atoms with Crippen molar-refractivity contribution in [2.45, 2.75) is 19.9 Å². The Hall–Kier alpha value is -2.56. The van der Waals surface area contributed by atoms with E-state index in [9.17, 15) is 0 Å². The van der Waals surface area contributed by atoms with Gasteiger partial charge < -0.3 is 9.88 Å². The number of benzene rings is 1. The van der Waals surface area contributed by atoms with E-state index in [4.69, 9.17) is 0 Å². The summed E-state index contributed by atoms with van der Waals surface area (Å²) in [5, 5.41) is 7.61. The molecule has 0 spiro atoms. The molecule has 2 aromatic heterocycles. The number of aromatic nitrogens is 4. The van der Waals surface area contributed by atoms with Crippen LogP contribution in [-0.2, 0) is 7.05 Å². The van der Waals surface area contributed by atoms with Crippen LogP contribution in [0.3, 0.4) is 0 Å². The van der Waals surface area contributed by atoms with Crippen LogP contribution in [0.4, 0.5) is 5.69 Å². The minimum atomic E-state index is 0.229. The number of aryl methyl sites for hydroxylation is 2. The zero-order chi connectivity index (χ0) is 14.8. The minimum Gasteiger partial charge on any atom is -0.376 e. The van der Waals surface area contributed by atoms with Gasteiger partial charge in [0, 0.05) is 37.4 Å². The van der Waals surface area contributed by atoms with Gasteiger partial charge in [0.05, 0.1) is 11.9 Å². The lowest BCUT2D eigenvalue weighted by Crippen LogP contribution is -2.06. The molecule has 1 aromatic carbocycles. The van der Waals surface area contributed by atoms with E-state index in [1.54, 1.807) is 4.68 Å². The number of hydrogen-bond donors (Lipinski definition) is 1. The van der Waals surface area contributed by atoms with Gasteiger partial charge in [-0.1, -0.05) is 12.1 Å². The third-order valence-electron chi connectivity index (χ3n) is 3.59. The number of anilines is 1. The van der Waals surface area contributed by atoms with E-state index >= 15 is 0 Å². The molecule has 0 bridgehead atoms. The molecule has 0 saturated carbocycles. The number of imidazole rings is 1. The van der Waals surface area contributed by atoms with Crippen LogP contribution in [0.15, 0.2) is 49.1 Å². The van der Waals surface area contributed by atoms with Crippen molar-refractivity contribution in [2.24, 2.45) is 7.05 Å². The highest BCUT2D eigenvalue weighted by Crippen LogP contribution is 2.20. The first-order valence-corrected chi connectivity index (χ1v) is 6.99. The van der Waals surface area contributed by atoms with Crippen molar-refractivity contribution >= 4 is 5.69 Å². The van der Waals surface area contributed by atoms with Crippen LogP contribution in [0.2, 0.25) is 0 Å². The van der Waals surface area contributed by atoms with Gasteiger partial charge >= 0.3 is 0 Å². The van der Waals surface area contributed by atoms with Crippen molar-refractivity contribution in [3.05, 3.63) is 60.4 Å². The van der Waals surface area contributed by atoms with Gasteiger partial charge in [-0.05, 0) is 31.5 Å². The Bertz CT molecular complexity index is 723. The second kappa shape index (κ2) is 5.44. The molecule has 3 rings (SSSR count). The summed E-state index contributed by atoms with van der Waals surface area (Å²) >= 11 is 0. The lowest BCUT2D eigenvalue weighted by atomic mass is 10.1. The van der Waals surface area contributed by atoms with Gasteiger partial charge in [-0.3, -0.25) is 4.68 Å². The molecule has 0 saturated heterocycles. The molecule has 5 nitrogen and oxygen atoms in total. The molecular formula is C16H19N5. The fraction of sp³-hybridized carbons (Fsp3) is 0.250. The van der Waals surface area contributed by atoms with Gasteiger partial charge in [-0.2, -0.15) is 5.10 Å².